The van der Waals surface area contributed by atoms with Crippen LogP contribution in [0, 0.1) is 0 Å². The molecule has 0 bridgehead atoms. The number of benzene rings is 1. The van der Waals surface area contributed by atoms with Gasteiger partial charge in [0.05, 0.1) is 18.2 Å². The SMILES string of the molecule is CCCNC(CO)c1ccccc1C(F)(F)F. The second-order valence-electron chi connectivity index (χ2n) is 3.77. The van der Waals surface area contributed by atoms with Crippen molar-refractivity contribution in [2.45, 2.75) is 25.6 Å². The van der Waals surface area contributed by atoms with Crippen molar-refractivity contribution in [2.24, 2.45) is 0 Å². The first-order valence-corrected chi connectivity index (χ1v) is 5.51. The van der Waals surface area contributed by atoms with Crippen LogP contribution in [0.5, 0.6) is 0 Å². The molecule has 1 aromatic carbocycles. The van der Waals surface area contributed by atoms with Crippen LogP contribution in [0.25, 0.3) is 0 Å². The molecule has 2 N–H and O–H groups in total. The van der Waals surface area contributed by atoms with Gasteiger partial charge in [-0.2, -0.15) is 13.2 Å². The minimum atomic E-state index is -4.39. The Morgan fingerprint density at radius 1 is 1.29 bits per heavy atom. The number of rotatable bonds is 5. The molecule has 1 rings (SSSR count). The Labute approximate surface area is 98.5 Å². The van der Waals surface area contributed by atoms with Crippen LogP contribution in [0.4, 0.5) is 13.2 Å². The summed E-state index contributed by atoms with van der Waals surface area (Å²) in [5, 5.41) is 12.1. The second-order valence-corrected chi connectivity index (χ2v) is 3.77. The van der Waals surface area contributed by atoms with Crippen LogP contribution in [0.15, 0.2) is 24.3 Å². The Balaban J connectivity index is 3.02. The van der Waals surface area contributed by atoms with Crippen molar-refractivity contribution in [1.29, 1.82) is 0 Å². The Hall–Kier alpha value is -1.07. The fourth-order valence-corrected chi connectivity index (χ4v) is 1.65. The summed E-state index contributed by atoms with van der Waals surface area (Å²) >= 11 is 0. The fourth-order valence-electron chi connectivity index (χ4n) is 1.65. The molecule has 1 aromatic rings. The van der Waals surface area contributed by atoms with Crippen LogP contribution < -0.4 is 5.32 Å². The maximum atomic E-state index is 12.8. The molecule has 0 spiro atoms. The van der Waals surface area contributed by atoms with E-state index >= 15 is 0 Å². The minimum Gasteiger partial charge on any atom is -0.394 e. The Bertz CT molecular complexity index is 352. The van der Waals surface area contributed by atoms with E-state index < -0.39 is 17.8 Å². The fraction of sp³-hybridized carbons (Fsp3) is 0.500. The van der Waals surface area contributed by atoms with Crippen LogP contribution in [-0.2, 0) is 6.18 Å². The van der Waals surface area contributed by atoms with Gasteiger partial charge in [0.2, 0.25) is 0 Å². The molecule has 0 aliphatic carbocycles. The van der Waals surface area contributed by atoms with Gasteiger partial charge in [0.15, 0.2) is 0 Å². The lowest BCUT2D eigenvalue weighted by atomic mass is 10.0. The summed E-state index contributed by atoms with van der Waals surface area (Å²) in [6.45, 7) is 2.13. The van der Waals surface area contributed by atoms with E-state index in [-0.39, 0.29) is 12.2 Å². The third-order valence-corrected chi connectivity index (χ3v) is 2.46. The molecule has 5 heteroatoms. The predicted octanol–water partition coefficient (Wildman–Crippen LogP) is 2.74. The van der Waals surface area contributed by atoms with E-state index in [2.05, 4.69) is 5.32 Å². The van der Waals surface area contributed by atoms with E-state index in [9.17, 15) is 13.2 Å². The maximum Gasteiger partial charge on any atom is 0.416 e. The predicted molar refractivity (Wildman–Crippen MR) is 59.6 cm³/mol. The van der Waals surface area contributed by atoms with E-state index in [0.29, 0.717) is 6.54 Å². The normalized spacial score (nSPS) is 13.7. The standard InChI is InChI=1S/C12H16F3NO/c1-2-7-16-11(8-17)9-5-3-4-6-10(9)12(13,14)15/h3-6,11,16-17H,2,7-8H2,1H3. The van der Waals surface area contributed by atoms with Crippen molar-refractivity contribution >= 4 is 0 Å². The highest BCUT2D eigenvalue weighted by Crippen LogP contribution is 2.34. The Morgan fingerprint density at radius 3 is 2.47 bits per heavy atom. The van der Waals surface area contributed by atoms with E-state index in [1.807, 2.05) is 6.92 Å². The number of hydrogen-bond acceptors (Lipinski definition) is 2. The van der Waals surface area contributed by atoms with Crippen molar-refractivity contribution in [2.75, 3.05) is 13.2 Å². The first-order chi connectivity index (χ1) is 8.00. The molecular weight excluding hydrogens is 231 g/mol. The average molecular weight is 247 g/mol. The molecule has 1 atom stereocenters. The summed E-state index contributed by atoms with van der Waals surface area (Å²) in [6, 6.07) is 4.65. The molecule has 0 aromatic heterocycles. The molecule has 0 heterocycles. The van der Waals surface area contributed by atoms with Gasteiger partial charge in [0.1, 0.15) is 0 Å². The molecule has 0 saturated heterocycles. The van der Waals surface area contributed by atoms with Gasteiger partial charge >= 0.3 is 6.18 Å². The lowest BCUT2D eigenvalue weighted by molar-refractivity contribution is -0.138. The first kappa shape index (κ1) is 14.0. The van der Waals surface area contributed by atoms with Gasteiger partial charge in [-0.25, -0.2) is 0 Å². The summed E-state index contributed by atoms with van der Waals surface area (Å²) in [6.07, 6.45) is -3.59. The maximum absolute atomic E-state index is 12.8. The minimum absolute atomic E-state index is 0.0935. The van der Waals surface area contributed by atoms with Gasteiger partial charge in [0.25, 0.3) is 0 Å². The molecule has 0 saturated carbocycles. The van der Waals surface area contributed by atoms with Crippen LogP contribution in [0.3, 0.4) is 0 Å². The van der Waals surface area contributed by atoms with Gasteiger partial charge in [-0.15, -0.1) is 0 Å². The smallest absolute Gasteiger partial charge is 0.394 e. The lowest BCUT2D eigenvalue weighted by Gasteiger charge is -2.20. The van der Waals surface area contributed by atoms with Gasteiger partial charge < -0.3 is 10.4 Å². The summed E-state index contributed by atoms with van der Waals surface area (Å²) in [4.78, 5) is 0. The second kappa shape index (κ2) is 6.02. The molecule has 96 valence electrons. The molecule has 0 fully saturated rings. The number of hydrogen-bond donors (Lipinski definition) is 2. The van der Waals surface area contributed by atoms with Crippen LogP contribution in [0.2, 0.25) is 0 Å². The highest BCUT2D eigenvalue weighted by atomic mass is 19.4. The number of nitrogens with one attached hydrogen (secondary N) is 1. The van der Waals surface area contributed by atoms with Crippen LogP contribution in [-0.4, -0.2) is 18.3 Å². The van der Waals surface area contributed by atoms with E-state index in [0.717, 1.165) is 12.5 Å². The monoisotopic (exact) mass is 247 g/mol. The molecule has 17 heavy (non-hydrogen) atoms. The van der Waals surface area contributed by atoms with Gasteiger partial charge in [-0.1, -0.05) is 25.1 Å². The van der Waals surface area contributed by atoms with Crippen molar-refractivity contribution in [1.82, 2.24) is 5.32 Å². The molecule has 0 aliphatic rings. The zero-order valence-electron chi connectivity index (χ0n) is 9.59. The zero-order valence-corrected chi connectivity index (χ0v) is 9.59. The molecule has 2 nitrogen and oxygen atoms in total. The third-order valence-electron chi connectivity index (χ3n) is 2.46. The summed E-state index contributed by atoms with van der Waals surface area (Å²) in [7, 11) is 0. The highest BCUT2D eigenvalue weighted by molar-refractivity contribution is 5.32. The number of aliphatic hydroxyl groups excluding tert-OH is 1. The van der Waals surface area contributed by atoms with Crippen LogP contribution >= 0.6 is 0 Å². The third kappa shape index (κ3) is 3.71. The molecule has 0 radical (unpaired) electrons. The summed E-state index contributed by atoms with van der Waals surface area (Å²) in [5.74, 6) is 0. The van der Waals surface area contributed by atoms with E-state index in [1.54, 1.807) is 6.07 Å². The number of aliphatic hydroxyl groups is 1. The number of halogens is 3. The number of alkyl halides is 3. The summed E-state index contributed by atoms with van der Waals surface area (Å²) < 4.78 is 38.3. The zero-order chi connectivity index (χ0) is 12.9. The topological polar surface area (TPSA) is 32.3 Å². The lowest BCUT2D eigenvalue weighted by Crippen LogP contribution is -2.27. The van der Waals surface area contributed by atoms with Crippen molar-refractivity contribution in [3.63, 3.8) is 0 Å². The molecular formula is C12H16F3NO. The van der Waals surface area contributed by atoms with Gasteiger partial charge in [0, 0.05) is 0 Å². The van der Waals surface area contributed by atoms with E-state index in [1.165, 1.54) is 12.1 Å². The molecule has 0 amide bonds. The Kier molecular flexibility index (Phi) is 4.96. The highest BCUT2D eigenvalue weighted by Gasteiger charge is 2.34. The molecule has 1 unspecified atom stereocenters. The average Bonchev–Trinajstić information content (AvgIpc) is 2.29. The molecule has 0 aliphatic heterocycles. The largest absolute Gasteiger partial charge is 0.416 e. The van der Waals surface area contributed by atoms with Crippen LogP contribution in [0.1, 0.15) is 30.5 Å². The summed E-state index contributed by atoms with van der Waals surface area (Å²) in [5.41, 5.74) is -0.599. The van der Waals surface area contributed by atoms with Gasteiger partial charge in [-0.3, -0.25) is 0 Å². The van der Waals surface area contributed by atoms with E-state index in [4.69, 9.17) is 5.11 Å². The van der Waals surface area contributed by atoms with Gasteiger partial charge in [-0.05, 0) is 24.6 Å². The van der Waals surface area contributed by atoms with Crippen molar-refractivity contribution in [3.8, 4) is 0 Å². The van der Waals surface area contributed by atoms with Crippen molar-refractivity contribution in [3.05, 3.63) is 35.4 Å². The quantitative estimate of drug-likeness (QED) is 0.838. The Morgan fingerprint density at radius 2 is 1.94 bits per heavy atom. The first-order valence-electron chi connectivity index (χ1n) is 5.51. The van der Waals surface area contributed by atoms with Crippen molar-refractivity contribution < 1.29 is 18.3 Å².